The average molecular weight is 227 g/mol. The van der Waals surface area contributed by atoms with Crippen LogP contribution in [0.5, 0.6) is 5.75 Å². The standard InChI is InChI=1S/C11H15ClN2O/c1-6-8(12)7(2)10-11(9(6)13)15-5-4-14(10)3/h4-5,13H2,1-3H3. The van der Waals surface area contributed by atoms with Crippen molar-refractivity contribution in [1.82, 2.24) is 0 Å². The Labute approximate surface area is 94.8 Å². The first-order valence-corrected chi connectivity index (χ1v) is 5.34. The van der Waals surface area contributed by atoms with E-state index in [0.29, 0.717) is 12.3 Å². The lowest BCUT2D eigenvalue weighted by molar-refractivity contribution is 0.312. The molecule has 0 aliphatic carbocycles. The van der Waals surface area contributed by atoms with Crippen LogP contribution in [0, 0.1) is 13.8 Å². The van der Waals surface area contributed by atoms with Crippen molar-refractivity contribution in [2.24, 2.45) is 0 Å². The summed E-state index contributed by atoms with van der Waals surface area (Å²) in [5.74, 6) is 0.781. The van der Waals surface area contributed by atoms with Gasteiger partial charge < -0.3 is 15.4 Å². The second-order valence-electron chi connectivity index (χ2n) is 3.93. The number of hydrogen-bond donors (Lipinski definition) is 1. The number of hydrogen-bond acceptors (Lipinski definition) is 3. The monoisotopic (exact) mass is 226 g/mol. The molecule has 82 valence electrons. The first-order valence-electron chi connectivity index (χ1n) is 4.96. The smallest absolute Gasteiger partial charge is 0.166 e. The van der Waals surface area contributed by atoms with Gasteiger partial charge in [0.15, 0.2) is 5.75 Å². The molecular formula is C11H15ClN2O. The minimum absolute atomic E-state index is 0.659. The van der Waals surface area contributed by atoms with E-state index in [1.54, 1.807) is 0 Å². The van der Waals surface area contributed by atoms with E-state index in [9.17, 15) is 0 Å². The molecule has 3 nitrogen and oxygen atoms in total. The van der Waals surface area contributed by atoms with Crippen molar-refractivity contribution < 1.29 is 4.74 Å². The van der Waals surface area contributed by atoms with Crippen LogP contribution < -0.4 is 15.4 Å². The van der Waals surface area contributed by atoms with E-state index in [0.717, 1.165) is 34.1 Å². The molecule has 0 amide bonds. The van der Waals surface area contributed by atoms with Crippen LogP contribution in [0.25, 0.3) is 0 Å². The Morgan fingerprint density at radius 1 is 1.33 bits per heavy atom. The van der Waals surface area contributed by atoms with Crippen LogP contribution in [0.1, 0.15) is 11.1 Å². The zero-order valence-electron chi connectivity index (χ0n) is 9.22. The summed E-state index contributed by atoms with van der Waals surface area (Å²) in [6.45, 7) is 5.46. The number of nitrogens with zero attached hydrogens (tertiary/aromatic N) is 1. The number of fused-ring (bicyclic) bond motifs is 1. The largest absolute Gasteiger partial charge is 0.487 e. The number of halogens is 1. The molecule has 1 aliphatic heterocycles. The lowest BCUT2D eigenvalue weighted by atomic mass is 10.0. The maximum Gasteiger partial charge on any atom is 0.166 e. The van der Waals surface area contributed by atoms with Crippen molar-refractivity contribution in [2.45, 2.75) is 13.8 Å². The van der Waals surface area contributed by atoms with Crippen LogP contribution in [-0.4, -0.2) is 20.2 Å². The van der Waals surface area contributed by atoms with E-state index >= 15 is 0 Å². The summed E-state index contributed by atoms with van der Waals surface area (Å²) < 4.78 is 5.62. The predicted molar refractivity (Wildman–Crippen MR) is 64.1 cm³/mol. The molecule has 0 saturated carbocycles. The van der Waals surface area contributed by atoms with E-state index in [1.807, 2.05) is 20.9 Å². The summed E-state index contributed by atoms with van der Waals surface area (Å²) in [4.78, 5) is 2.13. The summed E-state index contributed by atoms with van der Waals surface area (Å²) in [6.07, 6.45) is 0. The van der Waals surface area contributed by atoms with Gasteiger partial charge in [0.05, 0.1) is 22.9 Å². The molecule has 1 aliphatic rings. The SMILES string of the molecule is Cc1c(N)c2c(c(C)c1Cl)N(C)CCO2. The number of benzene rings is 1. The first kappa shape index (κ1) is 10.4. The zero-order chi connectivity index (χ0) is 11.2. The number of likely N-dealkylation sites (N-methyl/N-ethyl adjacent to an activating group) is 1. The van der Waals surface area contributed by atoms with Crippen molar-refractivity contribution in [3.8, 4) is 5.75 Å². The van der Waals surface area contributed by atoms with Crippen LogP contribution in [0.4, 0.5) is 11.4 Å². The molecule has 0 spiro atoms. The minimum atomic E-state index is 0.659. The van der Waals surface area contributed by atoms with Crippen molar-refractivity contribution in [1.29, 1.82) is 0 Å². The summed E-state index contributed by atoms with van der Waals surface area (Å²) in [7, 11) is 2.03. The molecule has 1 aromatic rings. The van der Waals surface area contributed by atoms with Gasteiger partial charge >= 0.3 is 0 Å². The summed E-state index contributed by atoms with van der Waals surface area (Å²) >= 11 is 6.22. The van der Waals surface area contributed by atoms with Gasteiger partial charge in [0.1, 0.15) is 6.61 Å². The van der Waals surface area contributed by atoms with Crippen LogP contribution in [-0.2, 0) is 0 Å². The van der Waals surface area contributed by atoms with Gasteiger partial charge in [-0.25, -0.2) is 0 Å². The Hall–Kier alpha value is -1.09. The highest BCUT2D eigenvalue weighted by Crippen LogP contribution is 2.45. The van der Waals surface area contributed by atoms with Crippen molar-refractivity contribution in [2.75, 3.05) is 30.8 Å². The quantitative estimate of drug-likeness (QED) is 0.691. The fourth-order valence-electron chi connectivity index (χ4n) is 1.97. The van der Waals surface area contributed by atoms with Gasteiger partial charge in [0, 0.05) is 7.05 Å². The van der Waals surface area contributed by atoms with Gasteiger partial charge in [0.25, 0.3) is 0 Å². The lowest BCUT2D eigenvalue weighted by Gasteiger charge is -2.31. The molecule has 1 heterocycles. The molecule has 0 fully saturated rings. The number of nitrogens with two attached hydrogens (primary N) is 1. The Bertz CT molecular complexity index is 418. The third-order valence-electron chi connectivity index (χ3n) is 2.93. The molecule has 4 heteroatoms. The highest BCUT2D eigenvalue weighted by atomic mass is 35.5. The Morgan fingerprint density at radius 3 is 2.67 bits per heavy atom. The molecule has 0 radical (unpaired) electrons. The predicted octanol–water partition coefficient (Wildman–Crippen LogP) is 2.37. The van der Waals surface area contributed by atoms with Crippen LogP contribution in [0.3, 0.4) is 0 Å². The molecule has 0 bridgehead atoms. The third-order valence-corrected chi connectivity index (χ3v) is 3.50. The maximum atomic E-state index is 6.22. The number of anilines is 2. The number of ether oxygens (including phenoxy) is 1. The van der Waals surface area contributed by atoms with E-state index in [1.165, 1.54) is 0 Å². The van der Waals surface area contributed by atoms with E-state index in [-0.39, 0.29) is 0 Å². The minimum Gasteiger partial charge on any atom is -0.487 e. The normalized spacial score (nSPS) is 14.8. The molecule has 15 heavy (non-hydrogen) atoms. The Morgan fingerprint density at radius 2 is 2.00 bits per heavy atom. The highest BCUT2D eigenvalue weighted by molar-refractivity contribution is 6.33. The van der Waals surface area contributed by atoms with Crippen LogP contribution >= 0.6 is 11.6 Å². The molecule has 0 unspecified atom stereocenters. The van der Waals surface area contributed by atoms with Crippen molar-refractivity contribution >= 4 is 23.0 Å². The van der Waals surface area contributed by atoms with Crippen LogP contribution in [0.2, 0.25) is 5.02 Å². The Kier molecular flexibility index (Phi) is 2.43. The highest BCUT2D eigenvalue weighted by Gasteiger charge is 2.23. The molecule has 0 atom stereocenters. The topological polar surface area (TPSA) is 38.5 Å². The molecule has 2 N–H and O–H groups in total. The maximum absolute atomic E-state index is 6.22. The number of rotatable bonds is 0. The van der Waals surface area contributed by atoms with E-state index in [2.05, 4.69) is 4.90 Å². The van der Waals surface area contributed by atoms with Gasteiger partial charge in [-0.05, 0) is 25.0 Å². The van der Waals surface area contributed by atoms with Gasteiger partial charge in [-0.1, -0.05) is 11.6 Å². The van der Waals surface area contributed by atoms with Gasteiger partial charge in [-0.2, -0.15) is 0 Å². The zero-order valence-corrected chi connectivity index (χ0v) is 9.98. The lowest BCUT2D eigenvalue weighted by Crippen LogP contribution is -2.30. The fourth-order valence-corrected chi connectivity index (χ4v) is 2.17. The summed E-state index contributed by atoms with van der Waals surface area (Å²) in [6, 6.07) is 0. The third kappa shape index (κ3) is 1.42. The second-order valence-corrected chi connectivity index (χ2v) is 4.30. The average Bonchev–Trinajstić information content (AvgIpc) is 2.23. The second kappa shape index (κ2) is 3.49. The van der Waals surface area contributed by atoms with Crippen molar-refractivity contribution in [3.05, 3.63) is 16.1 Å². The first-order chi connectivity index (χ1) is 7.04. The van der Waals surface area contributed by atoms with Gasteiger partial charge in [0.2, 0.25) is 0 Å². The molecule has 0 aromatic heterocycles. The van der Waals surface area contributed by atoms with Crippen molar-refractivity contribution in [3.63, 3.8) is 0 Å². The van der Waals surface area contributed by atoms with Crippen LogP contribution in [0.15, 0.2) is 0 Å². The summed E-state index contributed by atoms with van der Waals surface area (Å²) in [5, 5.41) is 0.739. The summed E-state index contributed by atoms with van der Waals surface area (Å²) in [5.41, 5.74) is 9.63. The molecule has 0 saturated heterocycles. The number of nitrogen functional groups attached to an aromatic ring is 1. The molecule has 1 aromatic carbocycles. The van der Waals surface area contributed by atoms with E-state index < -0.39 is 0 Å². The fraction of sp³-hybridized carbons (Fsp3) is 0.455. The van der Waals surface area contributed by atoms with Gasteiger partial charge in [-0.15, -0.1) is 0 Å². The molecular weight excluding hydrogens is 212 g/mol. The van der Waals surface area contributed by atoms with E-state index in [4.69, 9.17) is 22.1 Å². The Balaban J connectivity index is 2.74. The molecule has 2 rings (SSSR count). The van der Waals surface area contributed by atoms with Gasteiger partial charge in [-0.3, -0.25) is 0 Å².